The summed E-state index contributed by atoms with van der Waals surface area (Å²) in [7, 11) is 0. The van der Waals surface area contributed by atoms with Crippen LogP contribution in [0.1, 0.15) is 19.4 Å². The lowest BCUT2D eigenvalue weighted by Gasteiger charge is -2.11. The van der Waals surface area contributed by atoms with Gasteiger partial charge in [0.15, 0.2) is 0 Å². The van der Waals surface area contributed by atoms with Crippen molar-refractivity contribution in [2.75, 3.05) is 5.73 Å². The lowest BCUT2D eigenvalue weighted by molar-refractivity contribution is 0.242. The molecule has 2 rings (SSSR count). The van der Waals surface area contributed by atoms with Crippen LogP contribution in [-0.4, -0.2) is 16.3 Å². The number of nitrogens with zero attached hydrogens (tertiary/aromatic N) is 3. The molecule has 0 atom stereocenters. The zero-order valence-electron chi connectivity index (χ0n) is 10.0. The summed E-state index contributed by atoms with van der Waals surface area (Å²) in [4.78, 5) is 0. The number of hydrogen-bond acceptors (Lipinski definition) is 6. The molecule has 1 heterocycles. The standard InChI is InChI=1S/C12H12N4O2/c1-7(2)17-10-4-3-8(5-9(10)6-13)11-15-16-12(14)18-11/h3-5,7H,1-2H3,(H2,14,16). The van der Waals surface area contributed by atoms with Crippen LogP contribution in [0.5, 0.6) is 5.75 Å². The maximum absolute atomic E-state index is 9.09. The van der Waals surface area contributed by atoms with Crippen molar-refractivity contribution in [1.82, 2.24) is 10.2 Å². The van der Waals surface area contributed by atoms with Crippen molar-refractivity contribution in [3.05, 3.63) is 23.8 Å². The summed E-state index contributed by atoms with van der Waals surface area (Å²) in [6.45, 7) is 3.79. The van der Waals surface area contributed by atoms with E-state index in [9.17, 15) is 0 Å². The lowest BCUT2D eigenvalue weighted by atomic mass is 10.1. The van der Waals surface area contributed by atoms with Crippen LogP contribution in [0.2, 0.25) is 0 Å². The Hall–Kier alpha value is -2.55. The minimum atomic E-state index is -0.00832. The van der Waals surface area contributed by atoms with E-state index in [4.69, 9.17) is 20.1 Å². The summed E-state index contributed by atoms with van der Waals surface area (Å²) in [6, 6.07) is 7.14. The Morgan fingerprint density at radius 3 is 2.72 bits per heavy atom. The number of ether oxygens (including phenoxy) is 1. The lowest BCUT2D eigenvalue weighted by Crippen LogP contribution is -2.06. The highest BCUT2D eigenvalue weighted by atomic mass is 16.5. The fourth-order valence-corrected chi connectivity index (χ4v) is 1.46. The highest BCUT2D eigenvalue weighted by Gasteiger charge is 2.11. The summed E-state index contributed by atoms with van der Waals surface area (Å²) >= 11 is 0. The average molecular weight is 244 g/mol. The minimum Gasteiger partial charge on any atom is -0.490 e. The van der Waals surface area contributed by atoms with Crippen molar-refractivity contribution in [2.45, 2.75) is 20.0 Å². The van der Waals surface area contributed by atoms with Gasteiger partial charge in [0.05, 0.1) is 11.7 Å². The third kappa shape index (κ3) is 2.40. The summed E-state index contributed by atoms with van der Waals surface area (Å²) in [6.07, 6.45) is 0.00185. The predicted octanol–water partition coefficient (Wildman–Crippen LogP) is 1.98. The van der Waals surface area contributed by atoms with E-state index in [-0.39, 0.29) is 18.0 Å². The quantitative estimate of drug-likeness (QED) is 0.886. The molecule has 0 amide bonds. The van der Waals surface area contributed by atoms with E-state index in [0.29, 0.717) is 16.9 Å². The van der Waals surface area contributed by atoms with Gasteiger partial charge in [-0.2, -0.15) is 5.26 Å². The van der Waals surface area contributed by atoms with Crippen LogP contribution in [0.25, 0.3) is 11.5 Å². The second kappa shape index (κ2) is 4.75. The fourth-order valence-electron chi connectivity index (χ4n) is 1.46. The van der Waals surface area contributed by atoms with Gasteiger partial charge in [0.1, 0.15) is 11.8 Å². The molecule has 6 heteroatoms. The number of nitriles is 1. The zero-order valence-corrected chi connectivity index (χ0v) is 10.0. The summed E-state index contributed by atoms with van der Waals surface area (Å²) in [5, 5.41) is 16.4. The molecule has 92 valence electrons. The molecule has 1 aromatic carbocycles. The number of hydrogen-bond donors (Lipinski definition) is 1. The molecule has 1 aromatic heterocycles. The van der Waals surface area contributed by atoms with E-state index >= 15 is 0 Å². The van der Waals surface area contributed by atoms with E-state index in [2.05, 4.69) is 16.3 Å². The van der Waals surface area contributed by atoms with Gasteiger partial charge in [-0.25, -0.2) is 0 Å². The molecular formula is C12H12N4O2. The number of aromatic nitrogens is 2. The van der Waals surface area contributed by atoms with Crippen LogP contribution >= 0.6 is 0 Å². The average Bonchev–Trinajstić information content (AvgIpc) is 2.75. The molecule has 6 nitrogen and oxygen atoms in total. The Kier molecular flexibility index (Phi) is 3.15. The van der Waals surface area contributed by atoms with Crippen molar-refractivity contribution in [2.24, 2.45) is 0 Å². The maximum atomic E-state index is 9.09. The van der Waals surface area contributed by atoms with E-state index in [1.54, 1.807) is 18.2 Å². The first-order chi connectivity index (χ1) is 8.60. The maximum Gasteiger partial charge on any atom is 0.313 e. The Balaban J connectivity index is 2.39. The van der Waals surface area contributed by atoms with Crippen LogP contribution in [0.4, 0.5) is 6.01 Å². The molecule has 0 aliphatic heterocycles. The van der Waals surface area contributed by atoms with Crippen molar-refractivity contribution >= 4 is 6.01 Å². The normalized spacial score (nSPS) is 10.3. The molecule has 0 fully saturated rings. The second-order valence-corrected chi connectivity index (χ2v) is 3.93. The van der Waals surface area contributed by atoms with Crippen molar-refractivity contribution in [1.29, 1.82) is 5.26 Å². The van der Waals surface area contributed by atoms with Crippen molar-refractivity contribution in [3.8, 4) is 23.3 Å². The molecule has 0 unspecified atom stereocenters. The third-order valence-electron chi connectivity index (χ3n) is 2.15. The first-order valence-electron chi connectivity index (χ1n) is 5.40. The molecule has 0 saturated heterocycles. The summed E-state index contributed by atoms with van der Waals surface area (Å²) in [5.41, 5.74) is 6.40. The number of rotatable bonds is 3. The molecule has 2 aromatic rings. The van der Waals surface area contributed by atoms with Crippen LogP contribution in [0.15, 0.2) is 22.6 Å². The topological polar surface area (TPSA) is 98.0 Å². The van der Waals surface area contributed by atoms with Gasteiger partial charge in [-0.15, -0.1) is 5.10 Å². The summed E-state index contributed by atoms with van der Waals surface area (Å²) < 4.78 is 10.6. The Morgan fingerprint density at radius 2 is 2.17 bits per heavy atom. The Morgan fingerprint density at radius 1 is 1.39 bits per heavy atom. The van der Waals surface area contributed by atoms with Crippen LogP contribution in [0.3, 0.4) is 0 Å². The predicted molar refractivity (Wildman–Crippen MR) is 64.6 cm³/mol. The van der Waals surface area contributed by atoms with Crippen LogP contribution < -0.4 is 10.5 Å². The summed E-state index contributed by atoms with van der Waals surface area (Å²) in [5.74, 6) is 0.809. The van der Waals surface area contributed by atoms with Gasteiger partial charge in [-0.1, -0.05) is 5.10 Å². The van der Waals surface area contributed by atoms with Gasteiger partial charge in [-0.05, 0) is 32.0 Å². The number of nitrogen functional groups attached to an aromatic ring is 1. The largest absolute Gasteiger partial charge is 0.490 e. The van der Waals surface area contributed by atoms with Gasteiger partial charge >= 0.3 is 6.01 Å². The van der Waals surface area contributed by atoms with Crippen molar-refractivity contribution in [3.63, 3.8) is 0 Å². The van der Waals surface area contributed by atoms with Gasteiger partial charge < -0.3 is 14.9 Å². The molecule has 0 spiro atoms. The molecule has 0 aliphatic carbocycles. The molecule has 0 bridgehead atoms. The number of benzene rings is 1. The highest BCUT2D eigenvalue weighted by Crippen LogP contribution is 2.26. The van der Waals surface area contributed by atoms with Gasteiger partial charge in [-0.3, -0.25) is 0 Å². The van der Waals surface area contributed by atoms with Gasteiger partial charge in [0.2, 0.25) is 5.89 Å². The van der Waals surface area contributed by atoms with Gasteiger partial charge in [0.25, 0.3) is 0 Å². The molecule has 18 heavy (non-hydrogen) atoms. The zero-order chi connectivity index (χ0) is 13.1. The molecule has 0 aliphatic rings. The molecule has 0 radical (unpaired) electrons. The van der Waals surface area contributed by atoms with Crippen molar-refractivity contribution < 1.29 is 9.15 Å². The smallest absolute Gasteiger partial charge is 0.313 e. The minimum absolute atomic E-state index is 0.00185. The molecule has 2 N–H and O–H groups in total. The number of anilines is 1. The fraction of sp³-hybridized carbons (Fsp3) is 0.250. The van der Waals surface area contributed by atoms with E-state index < -0.39 is 0 Å². The SMILES string of the molecule is CC(C)Oc1ccc(-c2nnc(N)o2)cc1C#N. The van der Waals surface area contributed by atoms with E-state index in [1.165, 1.54) is 0 Å². The molecule has 0 saturated carbocycles. The molecular weight excluding hydrogens is 232 g/mol. The Bertz CT molecular complexity index is 598. The van der Waals surface area contributed by atoms with Gasteiger partial charge in [0, 0.05) is 5.56 Å². The highest BCUT2D eigenvalue weighted by molar-refractivity contribution is 5.60. The van der Waals surface area contributed by atoms with E-state index in [1.807, 2.05) is 13.8 Å². The van der Waals surface area contributed by atoms with Crippen LogP contribution in [-0.2, 0) is 0 Å². The second-order valence-electron chi connectivity index (χ2n) is 3.93. The third-order valence-corrected chi connectivity index (χ3v) is 2.15. The number of nitrogens with two attached hydrogens (primary N) is 1. The monoisotopic (exact) mass is 244 g/mol. The van der Waals surface area contributed by atoms with E-state index in [0.717, 1.165) is 0 Å². The first-order valence-corrected chi connectivity index (χ1v) is 5.40. The van der Waals surface area contributed by atoms with Crippen LogP contribution in [0, 0.1) is 11.3 Å². The Labute approximate surface area is 104 Å². The first kappa shape index (κ1) is 11.9.